The predicted molar refractivity (Wildman–Crippen MR) is 71.9 cm³/mol. The van der Waals surface area contributed by atoms with E-state index in [1.807, 2.05) is 30.1 Å². The second-order valence-corrected chi connectivity index (χ2v) is 3.75. The molecule has 3 N–H and O–H groups in total. The van der Waals surface area contributed by atoms with E-state index in [1.54, 1.807) is 12.4 Å². The SMILES string of the molecule is CN(c1cccnc1)c1cc(NCCN)ncn1. The Kier molecular flexibility index (Phi) is 4.03. The van der Waals surface area contributed by atoms with Crippen molar-refractivity contribution in [1.29, 1.82) is 0 Å². The van der Waals surface area contributed by atoms with Gasteiger partial charge in [0.1, 0.15) is 18.0 Å². The molecule has 0 radical (unpaired) electrons. The Morgan fingerprint density at radius 3 is 3.00 bits per heavy atom. The number of nitrogens with one attached hydrogen (secondary N) is 1. The van der Waals surface area contributed by atoms with Crippen LogP contribution in [0, 0.1) is 0 Å². The predicted octanol–water partition coefficient (Wildman–Crippen LogP) is 1.01. The maximum atomic E-state index is 5.44. The molecule has 0 fully saturated rings. The Hall–Kier alpha value is -2.21. The minimum atomic E-state index is 0.567. The molecule has 0 spiro atoms. The molecule has 2 aromatic rings. The van der Waals surface area contributed by atoms with E-state index in [1.165, 1.54) is 6.33 Å². The summed E-state index contributed by atoms with van der Waals surface area (Å²) in [6.45, 7) is 1.25. The Balaban J connectivity index is 2.17. The summed E-state index contributed by atoms with van der Waals surface area (Å²) in [6.07, 6.45) is 5.06. The van der Waals surface area contributed by atoms with Crippen molar-refractivity contribution >= 4 is 17.3 Å². The summed E-state index contributed by atoms with van der Waals surface area (Å²) < 4.78 is 0. The average molecular weight is 244 g/mol. The number of aromatic nitrogens is 3. The quantitative estimate of drug-likeness (QED) is 0.817. The van der Waals surface area contributed by atoms with Crippen LogP contribution in [-0.4, -0.2) is 35.1 Å². The van der Waals surface area contributed by atoms with Gasteiger partial charge >= 0.3 is 0 Å². The van der Waals surface area contributed by atoms with Gasteiger partial charge in [0.25, 0.3) is 0 Å². The van der Waals surface area contributed by atoms with Crippen molar-refractivity contribution in [2.24, 2.45) is 5.73 Å². The number of hydrogen-bond acceptors (Lipinski definition) is 6. The molecule has 6 heteroatoms. The Morgan fingerprint density at radius 1 is 1.39 bits per heavy atom. The fourth-order valence-electron chi connectivity index (χ4n) is 1.51. The van der Waals surface area contributed by atoms with Crippen molar-refractivity contribution in [2.45, 2.75) is 0 Å². The van der Waals surface area contributed by atoms with Crippen LogP contribution in [0.3, 0.4) is 0 Å². The number of nitrogens with two attached hydrogens (primary N) is 1. The standard InChI is InChI=1S/C12H16N6/c1-18(10-3-2-5-14-8-10)12-7-11(15-6-4-13)16-9-17-12/h2-3,5,7-9H,4,6,13H2,1H3,(H,15,16,17). The van der Waals surface area contributed by atoms with E-state index in [4.69, 9.17) is 5.73 Å². The van der Waals surface area contributed by atoms with Crippen molar-refractivity contribution in [3.05, 3.63) is 36.9 Å². The summed E-state index contributed by atoms with van der Waals surface area (Å²) in [4.78, 5) is 14.4. The monoisotopic (exact) mass is 244 g/mol. The summed E-state index contributed by atoms with van der Waals surface area (Å²) >= 11 is 0. The molecule has 0 aliphatic heterocycles. The number of nitrogens with zero attached hydrogens (tertiary/aromatic N) is 4. The van der Waals surface area contributed by atoms with Crippen molar-refractivity contribution in [3.63, 3.8) is 0 Å². The summed E-state index contributed by atoms with van der Waals surface area (Å²) in [6, 6.07) is 5.74. The fraction of sp³-hybridized carbons (Fsp3) is 0.250. The molecule has 0 aromatic carbocycles. The lowest BCUT2D eigenvalue weighted by Crippen LogP contribution is -2.15. The minimum Gasteiger partial charge on any atom is -0.369 e. The van der Waals surface area contributed by atoms with Gasteiger partial charge in [-0.2, -0.15) is 0 Å². The van der Waals surface area contributed by atoms with Gasteiger partial charge in [-0.25, -0.2) is 9.97 Å². The van der Waals surface area contributed by atoms with Gasteiger partial charge in [-0.3, -0.25) is 4.98 Å². The topological polar surface area (TPSA) is 80.0 Å². The molecule has 94 valence electrons. The highest BCUT2D eigenvalue weighted by molar-refractivity contribution is 5.60. The first kappa shape index (κ1) is 12.3. The van der Waals surface area contributed by atoms with E-state index >= 15 is 0 Å². The van der Waals surface area contributed by atoms with Gasteiger partial charge in [-0.1, -0.05) is 0 Å². The van der Waals surface area contributed by atoms with Gasteiger partial charge in [0.15, 0.2) is 0 Å². The molecule has 0 unspecified atom stereocenters. The van der Waals surface area contributed by atoms with Crippen LogP contribution >= 0.6 is 0 Å². The van der Waals surface area contributed by atoms with Crippen LogP contribution < -0.4 is 16.0 Å². The highest BCUT2D eigenvalue weighted by atomic mass is 15.2. The first-order valence-corrected chi connectivity index (χ1v) is 5.71. The smallest absolute Gasteiger partial charge is 0.138 e. The lowest BCUT2D eigenvalue weighted by molar-refractivity contribution is 0.997. The van der Waals surface area contributed by atoms with Gasteiger partial charge in [-0.05, 0) is 12.1 Å². The molecule has 0 amide bonds. The third kappa shape index (κ3) is 2.92. The molecule has 18 heavy (non-hydrogen) atoms. The lowest BCUT2D eigenvalue weighted by Gasteiger charge is -2.18. The highest BCUT2D eigenvalue weighted by Gasteiger charge is 2.06. The molecule has 0 saturated carbocycles. The van der Waals surface area contributed by atoms with Crippen LogP contribution in [0.1, 0.15) is 0 Å². The van der Waals surface area contributed by atoms with Gasteiger partial charge in [-0.15, -0.1) is 0 Å². The summed E-state index contributed by atoms with van der Waals surface area (Å²) in [5, 5.41) is 3.12. The van der Waals surface area contributed by atoms with Crippen LogP contribution in [0.5, 0.6) is 0 Å². The Morgan fingerprint density at radius 2 is 2.28 bits per heavy atom. The minimum absolute atomic E-state index is 0.567. The molecule has 0 bridgehead atoms. The van der Waals surface area contributed by atoms with Gasteiger partial charge in [0.05, 0.1) is 11.9 Å². The Bertz CT molecular complexity index is 487. The summed E-state index contributed by atoms with van der Waals surface area (Å²) in [5.74, 6) is 1.57. The van der Waals surface area contributed by atoms with Crippen molar-refractivity contribution < 1.29 is 0 Å². The summed E-state index contributed by atoms with van der Waals surface area (Å²) in [5.41, 5.74) is 6.41. The number of anilines is 3. The van der Waals surface area contributed by atoms with Crippen LogP contribution in [0.2, 0.25) is 0 Å². The van der Waals surface area contributed by atoms with Gasteiger partial charge < -0.3 is 16.0 Å². The fourth-order valence-corrected chi connectivity index (χ4v) is 1.51. The first-order valence-electron chi connectivity index (χ1n) is 5.71. The summed E-state index contributed by atoms with van der Waals surface area (Å²) in [7, 11) is 1.94. The zero-order chi connectivity index (χ0) is 12.8. The maximum absolute atomic E-state index is 5.44. The van der Waals surface area contributed by atoms with Gasteiger partial charge in [0, 0.05) is 32.4 Å². The van der Waals surface area contributed by atoms with Crippen molar-refractivity contribution in [2.75, 3.05) is 30.4 Å². The van der Waals surface area contributed by atoms with Crippen LogP contribution in [-0.2, 0) is 0 Å². The maximum Gasteiger partial charge on any atom is 0.138 e. The number of rotatable bonds is 5. The second-order valence-electron chi connectivity index (χ2n) is 3.75. The zero-order valence-electron chi connectivity index (χ0n) is 10.2. The molecular weight excluding hydrogens is 228 g/mol. The van der Waals surface area contributed by atoms with Crippen molar-refractivity contribution in [3.8, 4) is 0 Å². The number of hydrogen-bond donors (Lipinski definition) is 2. The van der Waals surface area contributed by atoms with Crippen molar-refractivity contribution in [1.82, 2.24) is 15.0 Å². The van der Waals surface area contributed by atoms with Crippen LogP contribution in [0.25, 0.3) is 0 Å². The molecule has 0 aliphatic carbocycles. The lowest BCUT2D eigenvalue weighted by atomic mass is 10.3. The third-order valence-corrected chi connectivity index (χ3v) is 2.48. The molecule has 0 saturated heterocycles. The Labute approximate surface area is 106 Å². The van der Waals surface area contributed by atoms with E-state index in [2.05, 4.69) is 20.3 Å². The van der Waals surface area contributed by atoms with Crippen LogP contribution in [0.15, 0.2) is 36.9 Å². The molecular formula is C12H16N6. The molecule has 0 aliphatic rings. The van der Waals surface area contributed by atoms with Gasteiger partial charge in [0.2, 0.25) is 0 Å². The molecule has 2 heterocycles. The normalized spacial score (nSPS) is 10.1. The average Bonchev–Trinajstić information content (AvgIpc) is 2.45. The first-order chi connectivity index (χ1) is 8.81. The molecule has 2 aromatic heterocycles. The highest BCUT2D eigenvalue weighted by Crippen LogP contribution is 2.21. The third-order valence-electron chi connectivity index (χ3n) is 2.48. The van der Waals surface area contributed by atoms with E-state index in [0.29, 0.717) is 13.1 Å². The van der Waals surface area contributed by atoms with Crippen LogP contribution in [0.4, 0.5) is 17.3 Å². The zero-order valence-corrected chi connectivity index (χ0v) is 10.2. The second kappa shape index (κ2) is 5.92. The van der Waals surface area contributed by atoms with E-state index < -0.39 is 0 Å². The van der Waals surface area contributed by atoms with E-state index in [-0.39, 0.29) is 0 Å². The van der Waals surface area contributed by atoms with E-state index in [0.717, 1.165) is 17.3 Å². The number of pyridine rings is 1. The molecule has 2 rings (SSSR count). The largest absolute Gasteiger partial charge is 0.369 e. The van der Waals surface area contributed by atoms with E-state index in [9.17, 15) is 0 Å². The molecule has 0 atom stereocenters. The molecule has 6 nitrogen and oxygen atoms in total.